The second-order valence-electron chi connectivity index (χ2n) is 2.33. The van der Waals surface area contributed by atoms with Crippen LogP contribution in [0.15, 0.2) is 0 Å². The van der Waals surface area contributed by atoms with Gasteiger partial charge in [-0.25, -0.2) is 0 Å². The normalized spacial score (nSPS) is 11.0. The Kier molecular flexibility index (Phi) is 4.02. The number of rotatable bonds is 4. The minimum atomic E-state index is -3.76. The average molecular weight is 209 g/mol. The molecular formula is C6H11NO5S. The minimum absolute atomic E-state index is 0.00845. The van der Waals surface area contributed by atoms with Gasteiger partial charge in [-0.2, -0.15) is 13.5 Å². The summed E-state index contributed by atoms with van der Waals surface area (Å²) in [7, 11) is -3.76. The zero-order valence-electron chi connectivity index (χ0n) is 7.60. The third-order valence-corrected chi connectivity index (χ3v) is 1.49. The molecule has 0 rings (SSSR count). The lowest BCUT2D eigenvalue weighted by atomic mass is 10.4. The fourth-order valence-corrected chi connectivity index (χ4v) is 1.07. The SMILES string of the molecule is CCN(OS(C)(=O)=O)C(=O)C(C)=O. The van der Waals surface area contributed by atoms with Crippen molar-refractivity contribution in [1.82, 2.24) is 5.06 Å². The van der Waals surface area contributed by atoms with Crippen LogP contribution in [0.5, 0.6) is 0 Å². The Bertz CT molecular complexity index is 307. The highest BCUT2D eigenvalue weighted by Crippen LogP contribution is 1.97. The standard InChI is InChI=1S/C6H11NO5S/c1-4-7(6(9)5(2)8)12-13(3,10)11/h4H2,1-3H3. The van der Waals surface area contributed by atoms with E-state index >= 15 is 0 Å². The van der Waals surface area contributed by atoms with Crippen LogP contribution in [0.2, 0.25) is 0 Å². The lowest BCUT2D eigenvalue weighted by Crippen LogP contribution is -2.36. The Balaban J connectivity index is 4.54. The highest BCUT2D eigenvalue weighted by molar-refractivity contribution is 7.85. The number of nitrogens with zero attached hydrogens (tertiary/aromatic N) is 1. The number of amides is 1. The lowest BCUT2D eigenvalue weighted by Gasteiger charge is -2.15. The molecule has 0 bridgehead atoms. The van der Waals surface area contributed by atoms with E-state index in [1.165, 1.54) is 6.92 Å². The molecule has 0 N–H and O–H groups in total. The highest BCUT2D eigenvalue weighted by Gasteiger charge is 2.21. The Morgan fingerprint density at radius 1 is 1.38 bits per heavy atom. The van der Waals surface area contributed by atoms with Gasteiger partial charge in [-0.15, -0.1) is 4.28 Å². The maximum Gasteiger partial charge on any atom is 0.314 e. The van der Waals surface area contributed by atoms with E-state index in [2.05, 4.69) is 4.28 Å². The zero-order chi connectivity index (χ0) is 10.6. The molecule has 1 amide bonds. The number of hydroxylamine groups is 2. The predicted molar refractivity (Wildman–Crippen MR) is 44.0 cm³/mol. The first-order chi connectivity index (χ1) is 5.78. The summed E-state index contributed by atoms with van der Waals surface area (Å²) in [4.78, 5) is 21.5. The van der Waals surface area contributed by atoms with E-state index in [0.29, 0.717) is 5.06 Å². The Labute approximate surface area is 76.5 Å². The van der Waals surface area contributed by atoms with Crippen molar-refractivity contribution in [1.29, 1.82) is 0 Å². The van der Waals surface area contributed by atoms with Crippen LogP contribution >= 0.6 is 0 Å². The van der Waals surface area contributed by atoms with Gasteiger partial charge in [0.15, 0.2) is 0 Å². The van der Waals surface area contributed by atoms with E-state index in [0.717, 1.165) is 13.2 Å². The quantitative estimate of drug-likeness (QED) is 0.452. The molecule has 0 atom stereocenters. The average Bonchev–Trinajstić information content (AvgIpc) is 1.97. The molecule has 0 heterocycles. The van der Waals surface area contributed by atoms with Gasteiger partial charge in [-0.3, -0.25) is 9.59 Å². The van der Waals surface area contributed by atoms with Gasteiger partial charge >= 0.3 is 5.91 Å². The summed E-state index contributed by atoms with van der Waals surface area (Å²) in [6.45, 7) is 2.52. The number of hydrogen-bond donors (Lipinski definition) is 0. The van der Waals surface area contributed by atoms with Gasteiger partial charge in [0.2, 0.25) is 5.78 Å². The molecule has 0 spiro atoms. The molecular weight excluding hydrogens is 198 g/mol. The Hall–Kier alpha value is -0.950. The molecule has 0 saturated carbocycles. The van der Waals surface area contributed by atoms with Gasteiger partial charge in [0.1, 0.15) is 0 Å². The van der Waals surface area contributed by atoms with Gasteiger partial charge < -0.3 is 0 Å². The maximum absolute atomic E-state index is 10.9. The highest BCUT2D eigenvalue weighted by atomic mass is 32.2. The molecule has 0 aromatic rings. The molecule has 0 aliphatic rings. The summed E-state index contributed by atoms with van der Waals surface area (Å²) >= 11 is 0. The van der Waals surface area contributed by atoms with Gasteiger partial charge in [-0.05, 0) is 6.92 Å². The van der Waals surface area contributed by atoms with Crippen LogP contribution in [0, 0.1) is 0 Å². The smallest absolute Gasteiger partial charge is 0.289 e. The van der Waals surface area contributed by atoms with Gasteiger partial charge in [0.25, 0.3) is 10.1 Å². The summed E-state index contributed by atoms with van der Waals surface area (Å²) in [6, 6.07) is 0. The van der Waals surface area contributed by atoms with Crippen molar-refractivity contribution in [2.45, 2.75) is 13.8 Å². The van der Waals surface area contributed by atoms with E-state index in [4.69, 9.17) is 0 Å². The molecule has 0 aromatic carbocycles. The molecule has 7 heteroatoms. The number of carbonyl (C=O) groups excluding carboxylic acids is 2. The molecule has 0 aliphatic carbocycles. The summed E-state index contributed by atoms with van der Waals surface area (Å²) in [5.74, 6) is -1.75. The summed E-state index contributed by atoms with van der Waals surface area (Å²) in [5.41, 5.74) is 0. The van der Waals surface area contributed by atoms with Crippen LogP contribution in [0.1, 0.15) is 13.8 Å². The third kappa shape index (κ3) is 4.58. The van der Waals surface area contributed by atoms with Crippen LogP contribution in [-0.2, 0) is 24.0 Å². The fourth-order valence-electron chi connectivity index (χ4n) is 0.569. The van der Waals surface area contributed by atoms with Gasteiger partial charge in [0.05, 0.1) is 6.26 Å². The van der Waals surface area contributed by atoms with Crippen molar-refractivity contribution in [3.63, 3.8) is 0 Å². The fraction of sp³-hybridized carbons (Fsp3) is 0.667. The summed E-state index contributed by atoms with van der Waals surface area (Å²) in [5, 5.41) is 0.498. The van der Waals surface area contributed by atoms with Crippen molar-refractivity contribution >= 4 is 21.8 Å². The number of Topliss-reactive ketones (excluding diaryl/α,β-unsaturated/α-hetero) is 1. The van der Waals surface area contributed by atoms with Crippen LogP contribution in [0.4, 0.5) is 0 Å². The second-order valence-corrected chi connectivity index (χ2v) is 3.89. The van der Waals surface area contributed by atoms with E-state index in [9.17, 15) is 18.0 Å². The molecule has 76 valence electrons. The first-order valence-corrected chi connectivity index (χ1v) is 5.31. The molecule has 6 nitrogen and oxygen atoms in total. The maximum atomic E-state index is 10.9. The summed E-state index contributed by atoms with van der Waals surface area (Å²) < 4.78 is 25.4. The minimum Gasteiger partial charge on any atom is -0.289 e. The number of carbonyl (C=O) groups is 2. The number of likely N-dealkylation sites (N-methyl/N-ethyl adjacent to an activating group) is 1. The molecule has 0 saturated heterocycles. The molecule has 0 fully saturated rings. The van der Waals surface area contributed by atoms with E-state index in [-0.39, 0.29) is 6.54 Å². The first-order valence-electron chi connectivity index (χ1n) is 3.50. The monoisotopic (exact) mass is 209 g/mol. The van der Waals surface area contributed by atoms with Crippen molar-refractivity contribution in [2.75, 3.05) is 12.8 Å². The van der Waals surface area contributed by atoms with Crippen molar-refractivity contribution in [2.24, 2.45) is 0 Å². The first kappa shape index (κ1) is 12.0. The topological polar surface area (TPSA) is 80.8 Å². The van der Waals surface area contributed by atoms with Crippen LogP contribution in [0.3, 0.4) is 0 Å². The Morgan fingerprint density at radius 2 is 1.85 bits per heavy atom. The number of ketones is 1. The number of hydrogen-bond acceptors (Lipinski definition) is 5. The lowest BCUT2D eigenvalue weighted by molar-refractivity contribution is -0.161. The molecule has 0 aliphatic heterocycles. The van der Waals surface area contributed by atoms with Crippen molar-refractivity contribution in [3.8, 4) is 0 Å². The van der Waals surface area contributed by atoms with Crippen LogP contribution < -0.4 is 0 Å². The second kappa shape index (κ2) is 4.33. The predicted octanol–water partition coefficient (Wildman–Crippen LogP) is -0.685. The van der Waals surface area contributed by atoms with Crippen LogP contribution in [0.25, 0.3) is 0 Å². The van der Waals surface area contributed by atoms with Crippen molar-refractivity contribution < 1.29 is 22.3 Å². The van der Waals surface area contributed by atoms with E-state index in [1.807, 2.05) is 0 Å². The van der Waals surface area contributed by atoms with Crippen LogP contribution in [-0.4, -0.2) is 38.0 Å². The molecule has 0 radical (unpaired) electrons. The summed E-state index contributed by atoms with van der Waals surface area (Å²) in [6.07, 6.45) is 0.795. The van der Waals surface area contributed by atoms with E-state index in [1.54, 1.807) is 0 Å². The molecule has 0 unspecified atom stereocenters. The van der Waals surface area contributed by atoms with Crippen molar-refractivity contribution in [3.05, 3.63) is 0 Å². The largest absolute Gasteiger partial charge is 0.314 e. The third-order valence-electron chi connectivity index (χ3n) is 1.04. The molecule has 13 heavy (non-hydrogen) atoms. The Morgan fingerprint density at radius 3 is 2.08 bits per heavy atom. The zero-order valence-corrected chi connectivity index (χ0v) is 8.42. The van der Waals surface area contributed by atoms with Gasteiger partial charge in [0, 0.05) is 13.5 Å². The van der Waals surface area contributed by atoms with E-state index < -0.39 is 21.8 Å². The van der Waals surface area contributed by atoms with Gasteiger partial charge in [-0.1, -0.05) is 0 Å². The molecule has 0 aromatic heterocycles.